The van der Waals surface area contributed by atoms with Crippen molar-refractivity contribution in [2.24, 2.45) is 0 Å². The molecule has 1 radical (unpaired) electrons. The van der Waals surface area contributed by atoms with Crippen molar-refractivity contribution >= 4 is 5.97 Å². The van der Waals surface area contributed by atoms with Crippen LogP contribution >= 0.6 is 0 Å². The number of hydrogen-bond donors (Lipinski definition) is 0. The third kappa shape index (κ3) is 3.47. The van der Waals surface area contributed by atoms with Crippen LogP contribution < -0.4 is 0 Å². The van der Waals surface area contributed by atoms with Crippen molar-refractivity contribution in [3.63, 3.8) is 0 Å². The minimum atomic E-state index is -0.961. The maximum Gasteiger partial charge on any atom is 0.355 e. The van der Waals surface area contributed by atoms with Gasteiger partial charge in [0.05, 0.1) is 0 Å². The standard InChI is InChI=1S/C4H7O2/c1-2-3-4(5)6/h2-3H2,1H3. The highest BCUT2D eigenvalue weighted by Gasteiger charge is 1.91. The molecule has 0 saturated heterocycles. The molecule has 0 fully saturated rings. The zero-order valence-corrected chi connectivity index (χ0v) is 3.73. The van der Waals surface area contributed by atoms with Crippen LogP contribution in [0.4, 0.5) is 0 Å². The first-order valence-electron chi connectivity index (χ1n) is 1.97. The van der Waals surface area contributed by atoms with Crippen LogP contribution in [0, 0.1) is 0 Å². The van der Waals surface area contributed by atoms with E-state index in [2.05, 4.69) is 0 Å². The summed E-state index contributed by atoms with van der Waals surface area (Å²) >= 11 is 0. The average Bonchev–Trinajstić information content (AvgIpc) is 1.35. The lowest BCUT2D eigenvalue weighted by Crippen LogP contribution is -1.87. The molecule has 0 unspecified atom stereocenters. The Kier molecular flexibility index (Phi) is 2.46. The summed E-state index contributed by atoms with van der Waals surface area (Å²) in [6.07, 6.45) is 0.850. The summed E-state index contributed by atoms with van der Waals surface area (Å²) in [6, 6.07) is 0. The molecule has 0 heterocycles. The lowest BCUT2D eigenvalue weighted by atomic mass is 10.4. The Morgan fingerprint density at radius 2 is 2.17 bits per heavy atom. The van der Waals surface area contributed by atoms with Gasteiger partial charge in [0, 0.05) is 6.42 Å². The molecule has 0 aliphatic heterocycles. The van der Waals surface area contributed by atoms with Gasteiger partial charge in [-0.15, -0.1) is 0 Å². The van der Waals surface area contributed by atoms with Gasteiger partial charge in [-0.05, 0) is 6.42 Å². The van der Waals surface area contributed by atoms with E-state index in [-0.39, 0.29) is 6.42 Å². The summed E-state index contributed by atoms with van der Waals surface area (Å²) < 4.78 is 0. The Balaban J connectivity index is 2.83. The maximum absolute atomic E-state index is 9.49. The fraction of sp³-hybridized carbons (Fsp3) is 0.750. The summed E-state index contributed by atoms with van der Waals surface area (Å²) in [5.41, 5.74) is 0. The first-order valence-corrected chi connectivity index (χ1v) is 1.97. The smallest absolute Gasteiger partial charge is 0.247 e. The van der Waals surface area contributed by atoms with Crippen LogP contribution in [-0.2, 0) is 9.90 Å². The third-order valence-electron chi connectivity index (χ3n) is 0.454. The van der Waals surface area contributed by atoms with Gasteiger partial charge >= 0.3 is 5.97 Å². The van der Waals surface area contributed by atoms with Crippen LogP contribution in [0.25, 0.3) is 0 Å². The molecule has 0 amide bonds. The van der Waals surface area contributed by atoms with Gasteiger partial charge in [0.25, 0.3) is 0 Å². The molecule has 0 aliphatic rings. The Labute approximate surface area is 36.8 Å². The number of carbonyl (C=O) groups excluding carboxylic acids is 1. The van der Waals surface area contributed by atoms with Crippen molar-refractivity contribution in [2.45, 2.75) is 19.8 Å². The summed E-state index contributed by atoms with van der Waals surface area (Å²) in [5, 5.41) is 9.49. The molecule has 0 bridgehead atoms. The lowest BCUT2D eigenvalue weighted by molar-refractivity contribution is -0.143. The van der Waals surface area contributed by atoms with E-state index in [9.17, 15) is 9.90 Å². The molecule has 6 heavy (non-hydrogen) atoms. The molecule has 0 aromatic carbocycles. The van der Waals surface area contributed by atoms with Crippen LogP contribution in [0.5, 0.6) is 0 Å². The molecular weight excluding hydrogens is 80.0 g/mol. The summed E-state index contributed by atoms with van der Waals surface area (Å²) in [4.78, 5) is 9.49. The molecule has 0 rings (SSSR count). The topological polar surface area (TPSA) is 37.0 Å². The summed E-state index contributed by atoms with van der Waals surface area (Å²) in [7, 11) is 0. The van der Waals surface area contributed by atoms with Crippen molar-refractivity contribution in [1.82, 2.24) is 0 Å². The zero-order valence-electron chi connectivity index (χ0n) is 3.73. The Morgan fingerprint density at radius 3 is 2.17 bits per heavy atom. The largest absolute Gasteiger partial charge is 0.355 e. The van der Waals surface area contributed by atoms with E-state index in [0.29, 0.717) is 6.42 Å². The molecule has 35 valence electrons. The van der Waals surface area contributed by atoms with Crippen LogP contribution in [-0.4, -0.2) is 5.97 Å². The first-order chi connectivity index (χ1) is 2.77. The van der Waals surface area contributed by atoms with Crippen molar-refractivity contribution in [3.05, 3.63) is 0 Å². The maximum atomic E-state index is 9.49. The zero-order chi connectivity index (χ0) is 4.99. The fourth-order valence-corrected chi connectivity index (χ4v) is 0.204. The second-order valence-corrected chi connectivity index (χ2v) is 1.12. The monoisotopic (exact) mass is 87.0 g/mol. The molecule has 0 saturated carbocycles. The lowest BCUT2D eigenvalue weighted by Gasteiger charge is -1.75. The molecule has 0 atom stereocenters. The molecule has 2 nitrogen and oxygen atoms in total. The molecule has 0 aromatic rings. The second kappa shape index (κ2) is 2.69. The van der Waals surface area contributed by atoms with Crippen LogP contribution in [0.2, 0.25) is 0 Å². The van der Waals surface area contributed by atoms with Crippen LogP contribution in [0.15, 0.2) is 0 Å². The minimum Gasteiger partial charge on any atom is -0.247 e. The van der Waals surface area contributed by atoms with E-state index in [0.717, 1.165) is 0 Å². The van der Waals surface area contributed by atoms with E-state index in [1.165, 1.54) is 0 Å². The van der Waals surface area contributed by atoms with Gasteiger partial charge in [0.2, 0.25) is 0 Å². The van der Waals surface area contributed by atoms with Crippen LogP contribution in [0.3, 0.4) is 0 Å². The molecule has 0 aliphatic carbocycles. The van der Waals surface area contributed by atoms with Gasteiger partial charge < -0.3 is 0 Å². The highest BCUT2D eigenvalue weighted by atomic mass is 16.4. The molecule has 0 N–H and O–H groups in total. The fourth-order valence-electron chi connectivity index (χ4n) is 0.204. The third-order valence-corrected chi connectivity index (χ3v) is 0.454. The Morgan fingerprint density at radius 1 is 1.67 bits per heavy atom. The minimum absolute atomic E-state index is 0.181. The van der Waals surface area contributed by atoms with Crippen molar-refractivity contribution in [2.75, 3.05) is 0 Å². The SMILES string of the molecule is CCCC([O])=O. The van der Waals surface area contributed by atoms with Gasteiger partial charge in [-0.25, -0.2) is 9.90 Å². The van der Waals surface area contributed by atoms with E-state index < -0.39 is 5.97 Å². The predicted octanol–water partition coefficient (Wildman–Crippen LogP) is 0.744. The molecular formula is C4H7O2. The van der Waals surface area contributed by atoms with E-state index in [4.69, 9.17) is 0 Å². The highest BCUT2D eigenvalue weighted by molar-refractivity contribution is 5.65. The molecule has 0 aromatic heterocycles. The van der Waals surface area contributed by atoms with Gasteiger partial charge in [-0.3, -0.25) is 0 Å². The van der Waals surface area contributed by atoms with Crippen molar-refractivity contribution in [1.29, 1.82) is 0 Å². The van der Waals surface area contributed by atoms with Crippen LogP contribution in [0.1, 0.15) is 19.8 Å². The number of hydrogen-bond acceptors (Lipinski definition) is 1. The quantitative estimate of drug-likeness (QED) is 0.489. The average molecular weight is 87.1 g/mol. The Hall–Kier alpha value is -0.530. The Bertz CT molecular complexity index is 49.5. The first kappa shape index (κ1) is 5.47. The van der Waals surface area contributed by atoms with Gasteiger partial charge in [0.1, 0.15) is 0 Å². The number of carbonyl (C=O) groups is 1. The normalized spacial score (nSPS) is 8.17. The predicted molar refractivity (Wildman–Crippen MR) is 20.6 cm³/mol. The van der Waals surface area contributed by atoms with Crippen molar-refractivity contribution < 1.29 is 9.90 Å². The molecule has 0 spiro atoms. The van der Waals surface area contributed by atoms with Crippen molar-refractivity contribution in [3.8, 4) is 0 Å². The highest BCUT2D eigenvalue weighted by Crippen LogP contribution is 1.82. The van der Waals surface area contributed by atoms with E-state index in [1.807, 2.05) is 0 Å². The second-order valence-electron chi connectivity index (χ2n) is 1.12. The van der Waals surface area contributed by atoms with Gasteiger partial charge in [-0.2, -0.15) is 0 Å². The summed E-state index contributed by atoms with van der Waals surface area (Å²) in [6.45, 7) is 1.80. The van der Waals surface area contributed by atoms with Gasteiger partial charge in [-0.1, -0.05) is 6.92 Å². The number of rotatable bonds is 2. The summed E-state index contributed by atoms with van der Waals surface area (Å²) in [5.74, 6) is -0.961. The van der Waals surface area contributed by atoms with Gasteiger partial charge in [0.15, 0.2) is 0 Å². The van der Waals surface area contributed by atoms with E-state index >= 15 is 0 Å². The molecule has 2 heteroatoms. The van der Waals surface area contributed by atoms with E-state index in [1.54, 1.807) is 6.92 Å².